The SMILES string of the molecule is C=CC(N)OP(N)O. The van der Waals surface area contributed by atoms with Gasteiger partial charge in [-0.15, -0.1) is 0 Å². The van der Waals surface area contributed by atoms with Crippen LogP contribution in [0.4, 0.5) is 0 Å². The zero-order valence-corrected chi connectivity index (χ0v) is 5.21. The first-order valence-corrected chi connectivity index (χ1v) is 3.23. The van der Waals surface area contributed by atoms with Gasteiger partial charge in [0.25, 0.3) is 8.53 Å². The topological polar surface area (TPSA) is 81.5 Å². The van der Waals surface area contributed by atoms with Crippen molar-refractivity contribution < 1.29 is 9.42 Å². The lowest BCUT2D eigenvalue weighted by Crippen LogP contribution is -2.19. The van der Waals surface area contributed by atoms with Crippen molar-refractivity contribution in [3.05, 3.63) is 12.7 Å². The average molecular weight is 136 g/mol. The van der Waals surface area contributed by atoms with E-state index in [1.165, 1.54) is 6.08 Å². The van der Waals surface area contributed by atoms with Crippen molar-refractivity contribution in [2.24, 2.45) is 11.2 Å². The molecule has 2 unspecified atom stereocenters. The molecule has 5 N–H and O–H groups in total. The summed E-state index contributed by atoms with van der Waals surface area (Å²) < 4.78 is 4.46. The Balaban J connectivity index is 3.23. The van der Waals surface area contributed by atoms with Crippen LogP contribution in [0, 0.1) is 0 Å². The molecule has 0 aliphatic carbocycles. The predicted molar refractivity (Wildman–Crippen MR) is 32.6 cm³/mol. The molecule has 4 nitrogen and oxygen atoms in total. The molecule has 0 spiro atoms. The summed E-state index contributed by atoms with van der Waals surface area (Å²) in [7, 11) is -1.84. The second kappa shape index (κ2) is 3.95. The fourth-order valence-electron chi connectivity index (χ4n) is 0.168. The highest BCUT2D eigenvalue weighted by Gasteiger charge is 2.00. The molecular formula is C3H9N2O2P. The van der Waals surface area contributed by atoms with Crippen LogP contribution in [0.5, 0.6) is 0 Å². The predicted octanol–water partition coefficient (Wildman–Crippen LogP) is -0.348. The minimum absolute atomic E-state index is 0.656. The maximum Gasteiger partial charge on any atom is 0.251 e. The van der Waals surface area contributed by atoms with Gasteiger partial charge in [-0.1, -0.05) is 6.58 Å². The van der Waals surface area contributed by atoms with Crippen molar-refractivity contribution in [2.75, 3.05) is 0 Å². The number of hydrogen-bond acceptors (Lipinski definition) is 4. The highest BCUT2D eigenvalue weighted by Crippen LogP contribution is 2.20. The Morgan fingerprint density at radius 1 is 1.88 bits per heavy atom. The first-order valence-electron chi connectivity index (χ1n) is 1.95. The van der Waals surface area contributed by atoms with Gasteiger partial charge in [-0.25, -0.2) is 0 Å². The standard InChI is InChI=1S/C3H9N2O2P/c1-2-3(4)7-8(5)6/h2-3,6H,1,4-5H2. The second-order valence-corrected chi connectivity index (χ2v) is 1.92. The summed E-state index contributed by atoms with van der Waals surface area (Å²) in [5, 5.41) is 0. The largest absolute Gasteiger partial charge is 0.338 e. The van der Waals surface area contributed by atoms with Crippen LogP contribution in [0.3, 0.4) is 0 Å². The van der Waals surface area contributed by atoms with Gasteiger partial charge in [-0.05, 0) is 6.08 Å². The normalized spacial score (nSPS) is 17.4. The van der Waals surface area contributed by atoms with Gasteiger partial charge < -0.3 is 10.6 Å². The van der Waals surface area contributed by atoms with Crippen molar-refractivity contribution >= 4 is 8.53 Å². The Bertz CT molecular complexity index is 77.7. The van der Waals surface area contributed by atoms with Gasteiger partial charge in [0.05, 0.1) is 0 Å². The molecule has 2 atom stereocenters. The van der Waals surface area contributed by atoms with Crippen molar-refractivity contribution in [1.82, 2.24) is 0 Å². The Kier molecular flexibility index (Phi) is 3.95. The lowest BCUT2D eigenvalue weighted by molar-refractivity contribution is 0.256. The minimum Gasteiger partial charge on any atom is -0.338 e. The number of nitrogens with two attached hydrogens (primary N) is 2. The molecular weight excluding hydrogens is 127 g/mol. The maximum atomic E-state index is 8.35. The fraction of sp³-hybridized carbons (Fsp3) is 0.333. The zero-order chi connectivity index (χ0) is 6.57. The van der Waals surface area contributed by atoms with Gasteiger partial charge >= 0.3 is 0 Å². The molecule has 0 aromatic rings. The van der Waals surface area contributed by atoms with Gasteiger partial charge in [0.15, 0.2) is 0 Å². The van der Waals surface area contributed by atoms with Crippen LogP contribution in [0.25, 0.3) is 0 Å². The summed E-state index contributed by atoms with van der Waals surface area (Å²) in [5.74, 6) is 0. The van der Waals surface area contributed by atoms with E-state index in [1.807, 2.05) is 0 Å². The van der Waals surface area contributed by atoms with Crippen LogP contribution in [0.2, 0.25) is 0 Å². The molecule has 0 saturated heterocycles. The molecule has 0 aromatic carbocycles. The summed E-state index contributed by atoms with van der Waals surface area (Å²) >= 11 is 0. The van der Waals surface area contributed by atoms with Crippen molar-refractivity contribution in [1.29, 1.82) is 0 Å². The monoisotopic (exact) mass is 136 g/mol. The van der Waals surface area contributed by atoms with E-state index in [0.717, 1.165) is 0 Å². The van der Waals surface area contributed by atoms with Gasteiger partial charge in [0, 0.05) is 0 Å². The summed E-state index contributed by atoms with van der Waals surface area (Å²) in [6.45, 7) is 3.31. The molecule has 0 bridgehead atoms. The maximum absolute atomic E-state index is 8.35. The van der Waals surface area contributed by atoms with E-state index in [2.05, 4.69) is 11.1 Å². The van der Waals surface area contributed by atoms with E-state index in [4.69, 9.17) is 16.1 Å². The van der Waals surface area contributed by atoms with Crippen LogP contribution in [0.15, 0.2) is 12.7 Å². The molecule has 0 rings (SSSR count). The second-order valence-electron chi connectivity index (χ2n) is 1.11. The smallest absolute Gasteiger partial charge is 0.251 e. The highest BCUT2D eigenvalue weighted by atomic mass is 31.2. The van der Waals surface area contributed by atoms with Crippen LogP contribution < -0.4 is 11.2 Å². The quantitative estimate of drug-likeness (QED) is 0.281. The van der Waals surface area contributed by atoms with E-state index < -0.39 is 14.8 Å². The summed E-state index contributed by atoms with van der Waals surface area (Å²) in [5.41, 5.74) is 9.95. The van der Waals surface area contributed by atoms with Crippen molar-refractivity contribution in [2.45, 2.75) is 6.23 Å². The summed E-state index contributed by atoms with van der Waals surface area (Å²) in [4.78, 5) is 8.35. The summed E-state index contributed by atoms with van der Waals surface area (Å²) in [6.07, 6.45) is 0.689. The Morgan fingerprint density at radius 2 is 2.38 bits per heavy atom. The van der Waals surface area contributed by atoms with Gasteiger partial charge in [0.1, 0.15) is 6.23 Å². The lowest BCUT2D eigenvalue weighted by Gasteiger charge is -2.07. The van der Waals surface area contributed by atoms with Crippen LogP contribution >= 0.6 is 8.53 Å². The molecule has 0 radical (unpaired) electrons. The van der Waals surface area contributed by atoms with Crippen molar-refractivity contribution in [3.63, 3.8) is 0 Å². The van der Waals surface area contributed by atoms with Gasteiger partial charge in [0.2, 0.25) is 0 Å². The molecule has 0 aliphatic heterocycles. The third kappa shape index (κ3) is 4.18. The van der Waals surface area contributed by atoms with Crippen molar-refractivity contribution in [3.8, 4) is 0 Å². The Hall–Kier alpha value is 0.0100. The lowest BCUT2D eigenvalue weighted by atomic mass is 10.6. The molecule has 0 aliphatic rings. The van der Waals surface area contributed by atoms with E-state index >= 15 is 0 Å². The molecule has 0 heterocycles. The minimum atomic E-state index is -1.84. The molecule has 0 fully saturated rings. The van der Waals surface area contributed by atoms with E-state index in [-0.39, 0.29) is 0 Å². The molecule has 5 heteroatoms. The van der Waals surface area contributed by atoms with Gasteiger partial charge in [-0.2, -0.15) is 0 Å². The van der Waals surface area contributed by atoms with E-state index in [0.29, 0.717) is 0 Å². The average Bonchev–Trinajstić information content (AvgIpc) is 1.65. The third-order valence-electron chi connectivity index (χ3n) is 0.462. The van der Waals surface area contributed by atoms with Gasteiger partial charge in [-0.3, -0.25) is 10.0 Å². The fourth-order valence-corrected chi connectivity index (χ4v) is 0.503. The molecule has 0 aromatic heterocycles. The molecule has 0 amide bonds. The van der Waals surface area contributed by atoms with E-state index in [1.54, 1.807) is 0 Å². The Morgan fingerprint density at radius 3 is 2.50 bits per heavy atom. The number of hydrogen-bond donors (Lipinski definition) is 3. The summed E-state index contributed by atoms with van der Waals surface area (Å²) in [6, 6.07) is 0. The Labute approximate surface area is 49.1 Å². The van der Waals surface area contributed by atoms with Crippen LogP contribution in [0.1, 0.15) is 0 Å². The first kappa shape index (κ1) is 8.01. The highest BCUT2D eigenvalue weighted by molar-refractivity contribution is 7.43. The molecule has 8 heavy (non-hydrogen) atoms. The zero-order valence-electron chi connectivity index (χ0n) is 4.32. The third-order valence-corrected chi connectivity index (χ3v) is 0.921. The van der Waals surface area contributed by atoms with E-state index in [9.17, 15) is 0 Å². The molecule has 48 valence electrons. The first-order chi connectivity index (χ1) is 3.66. The van der Waals surface area contributed by atoms with Crippen LogP contribution in [-0.4, -0.2) is 11.1 Å². The number of rotatable bonds is 3. The molecule has 0 saturated carbocycles. The van der Waals surface area contributed by atoms with Crippen LogP contribution in [-0.2, 0) is 4.52 Å².